The summed E-state index contributed by atoms with van der Waals surface area (Å²) in [7, 11) is 0. The molecule has 1 aliphatic rings. The quantitative estimate of drug-likeness (QED) is 0.154. The van der Waals surface area contributed by atoms with Crippen molar-refractivity contribution in [3.05, 3.63) is 211 Å². The van der Waals surface area contributed by atoms with E-state index >= 15 is 0 Å². The van der Waals surface area contributed by atoms with Crippen molar-refractivity contribution in [2.45, 2.75) is 12.8 Å². The molecule has 0 atom stereocenters. The van der Waals surface area contributed by atoms with Crippen molar-refractivity contribution in [1.29, 1.82) is 0 Å². The van der Waals surface area contributed by atoms with E-state index in [0.29, 0.717) is 0 Å². The molecule has 0 aromatic heterocycles. The van der Waals surface area contributed by atoms with Gasteiger partial charge in [-0.3, -0.25) is 0 Å². The highest BCUT2D eigenvalue weighted by atomic mass is 15.1. The number of rotatable bonds is 7. The van der Waals surface area contributed by atoms with Crippen LogP contribution in [0.1, 0.15) is 17.5 Å². The van der Waals surface area contributed by atoms with Crippen molar-refractivity contribution in [3.63, 3.8) is 0 Å². The van der Waals surface area contributed by atoms with E-state index < -0.39 is 0 Å². The molecule has 0 fully saturated rings. The van der Waals surface area contributed by atoms with E-state index in [1.807, 2.05) is 0 Å². The highest BCUT2D eigenvalue weighted by molar-refractivity contribution is 6.14. The zero-order valence-corrected chi connectivity index (χ0v) is 29.9. The highest BCUT2D eigenvalue weighted by Gasteiger charge is 2.22. The monoisotopic (exact) mass is 690 g/mol. The topological polar surface area (TPSA) is 6.48 Å². The fourth-order valence-electron chi connectivity index (χ4n) is 8.32. The Kier molecular flexibility index (Phi) is 8.00. The van der Waals surface area contributed by atoms with Gasteiger partial charge in [-0.2, -0.15) is 0 Å². The van der Waals surface area contributed by atoms with Crippen molar-refractivity contribution >= 4 is 72.5 Å². The van der Waals surface area contributed by atoms with Crippen LogP contribution in [0.25, 0.3) is 49.5 Å². The van der Waals surface area contributed by atoms with Gasteiger partial charge in [0.1, 0.15) is 0 Å². The molecular formula is C52H38N2. The third-order valence-corrected chi connectivity index (χ3v) is 10.9. The second kappa shape index (κ2) is 13.6. The first-order valence-electron chi connectivity index (χ1n) is 18.8. The van der Waals surface area contributed by atoms with Crippen molar-refractivity contribution in [2.75, 3.05) is 9.80 Å². The van der Waals surface area contributed by atoms with Crippen LogP contribution in [0.15, 0.2) is 200 Å². The normalized spacial score (nSPS) is 12.2. The third kappa shape index (κ3) is 5.60. The SMILES string of the molecule is C1=Cc2c(c(N(c3ccccc3)c3ccc(-c4ccc(N(c5ccccc5)c5cc6ccccc6c6ccccc56)cc4)cc3)cc3ccccc23)CC1. The van der Waals surface area contributed by atoms with Crippen LogP contribution in [0.4, 0.5) is 34.1 Å². The molecule has 0 saturated heterocycles. The molecule has 1 aliphatic carbocycles. The number of hydrogen-bond donors (Lipinski definition) is 0. The summed E-state index contributed by atoms with van der Waals surface area (Å²) in [6.45, 7) is 0. The van der Waals surface area contributed by atoms with Gasteiger partial charge in [-0.1, -0.05) is 146 Å². The summed E-state index contributed by atoms with van der Waals surface area (Å²) in [5, 5.41) is 7.57. The standard InChI is InChI=1S/C52H38N2/c1-3-17-41(18-4-1)53(51-35-39-15-7-9-21-45(39)47-23-11-13-25-49(47)51)43-31-27-37(28-32-43)38-29-33-44(34-30-38)54(42-19-5-2-6-20-42)52-36-40-16-8-10-22-46(40)48-24-12-14-26-50(48)52/h1-13,15-25,27-36H,14,26H2. The minimum atomic E-state index is 1.02. The zero-order chi connectivity index (χ0) is 35.8. The number of nitrogens with zero attached hydrogens (tertiary/aromatic N) is 2. The zero-order valence-electron chi connectivity index (χ0n) is 29.9. The van der Waals surface area contributed by atoms with Gasteiger partial charge >= 0.3 is 0 Å². The van der Waals surface area contributed by atoms with Crippen molar-refractivity contribution in [1.82, 2.24) is 0 Å². The Balaban J connectivity index is 1.04. The lowest BCUT2D eigenvalue weighted by Gasteiger charge is -2.30. The molecule has 0 spiro atoms. The number of allylic oxidation sites excluding steroid dienone is 1. The Bertz CT molecular complexity index is 2800. The van der Waals surface area contributed by atoms with Gasteiger partial charge in [0, 0.05) is 28.1 Å². The van der Waals surface area contributed by atoms with E-state index in [1.54, 1.807) is 0 Å². The van der Waals surface area contributed by atoms with Gasteiger partial charge in [0.15, 0.2) is 0 Å². The number of anilines is 6. The Morgan fingerprint density at radius 1 is 0.352 bits per heavy atom. The van der Waals surface area contributed by atoms with Gasteiger partial charge in [0.2, 0.25) is 0 Å². The molecule has 0 aliphatic heterocycles. The first-order chi connectivity index (χ1) is 26.8. The fourth-order valence-corrected chi connectivity index (χ4v) is 8.32. The average Bonchev–Trinajstić information content (AvgIpc) is 3.25. The first kappa shape index (κ1) is 31.8. The van der Waals surface area contributed by atoms with E-state index in [4.69, 9.17) is 0 Å². The third-order valence-electron chi connectivity index (χ3n) is 10.9. The minimum Gasteiger partial charge on any atom is -0.310 e. The summed E-state index contributed by atoms with van der Waals surface area (Å²) in [5.74, 6) is 0. The number of fused-ring (bicyclic) bond motifs is 6. The molecule has 54 heavy (non-hydrogen) atoms. The summed E-state index contributed by atoms with van der Waals surface area (Å²) in [6.07, 6.45) is 6.71. The van der Waals surface area contributed by atoms with Crippen LogP contribution in [0.3, 0.4) is 0 Å². The predicted molar refractivity (Wildman–Crippen MR) is 231 cm³/mol. The van der Waals surface area contributed by atoms with Crippen molar-refractivity contribution in [3.8, 4) is 11.1 Å². The summed E-state index contributed by atoms with van der Waals surface area (Å²) in [4.78, 5) is 4.82. The molecule has 256 valence electrons. The number of hydrogen-bond acceptors (Lipinski definition) is 2. The smallest absolute Gasteiger partial charge is 0.0546 e. The minimum absolute atomic E-state index is 1.02. The van der Waals surface area contributed by atoms with E-state index in [0.717, 1.165) is 35.6 Å². The van der Waals surface area contributed by atoms with Crippen molar-refractivity contribution in [2.24, 2.45) is 0 Å². The van der Waals surface area contributed by atoms with Gasteiger partial charge in [-0.25, -0.2) is 0 Å². The maximum absolute atomic E-state index is 2.43. The van der Waals surface area contributed by atoms with Crippen LogP contribution < -0.4 is 9.80 Å². The summed E-state index contributed by atoms with van der Waals surface area (Å²) in [6, 6.07) is 70.5. The van der Waals surface area contributed by atoms with Gasteiger partial charge in [-0.15, -0.1) is 0 Å². The van der Waals surface area contributed by atoms with Crippen LogP contribution in [0.2, 0.25) is 0 Å². The Hall–Kier alpha value is -6.90. The molecule has 0 N–H and O–H groups in total. The van der Waals surface area contributed by atoms with Crippen LogP contribution >= 0.6 is 0 Å². The molecule has 0 saturated carbocycles. The van der Waals surface area contributed by atoms with Crippen LogP contribution in [-0.4, -0.2) is 0 Å². The van der Waals surface area contributed by atoms with Gasteiger partial charge in [-0.05, 0) is 123 Å². The van der Waals surface area contributed by atoms with Gasteiger partial charge in [0.25, 0.3) is 0 Å². The molecule has 9 aromatic carbocycles. The highest BCUT2D eigenvalue weighted by Crippen LogP contribution is 2.45. The molecule has 2 heteroatoms. The Labute approximate surface area is 316 Å². The van der Waals surface area contributed by atoms with E-state index in [1.165, 1.54) is 65.9 Å². The lowest BCUT2D eigenvalue weighted by atomic mass is 9.89. The van der Waals surface area contributed by atoms with E-state index in [9.17, 15) is 0 Å². The summed E-state index contributed by atoms with van der Waals surface area (Å²) in [5.41, 5.74) is 12.1. The summed E-state index contributed by atoms with van der Waals surface area (Å²) < 4.78 is 0. The van der Waals surface area contributed by atoms with Crippen LogP contribution in [0.5, 0.6) is 0 Å². The Morgan fingerprint density at radius 3 is 1.41 bits per heavy atom. The maximum atomic E-state index is 2.43. The summed E-state index contributed by atoms with van der Waals surface area (Å²) >= 11 is 0. The number of para-hydroxylation sites is 2. The molecule has 0 unspecified atom stereocenters. The molecule has 0 radical (unpaired) electrons. The fraction of sp³-hybridized carbons (Fsp3) is 0.0385. The second-order valence-corrected chi connectivity index (χ2v) is 14.0. The van der Waals surface area contributed by atoms with Crippen molar-refractivity contribution < 1.29 is 0 Å². The van der Waals surface area contributed by atoms with E-state index in [-0.39, 0.29) is 0 Å². The molecular weight excluding hydrogens is 653 g/mol. The maximum Gasteiger partial charge on any atom is 0.0546 e. The largest absolute Gasteiger partial charge is 0.310 e. The van der Waals surface area contributed by atoms with Crippen LogP contribution in [0, 0.1) is 0 Å². The average molecular weight is 691 g/mol. The lowest BCUT2D eigenvalue weighted by Crippen LogP contribution is -2.14. The molecule has 10 rings (SSSR count). The molecule has 0 bridgehead atoms. The predicted octanol–water partition coefficient (Wildman–Crippen LogP) is 14.7. The molecule has 9 aromatic rings. The molecule has 0 heterocycles. The second-order valence-electron chi connectivity index (χ2n) is 14.0. The Morgan fingerprint density at radius 2 is 0.796 bits per heavy atom. The molecule has 0 amide bonds. The lowest BCUT2D eigenvalue weighted by molar-refractivity contribution is 0.983. The van der Waals surface area contributed by atoms with Crippen LogP contribution in [-0.2, 0) is 6.42 Å². The number of benzene rings is 9. The van der Waals surface area contributed by atoms with Gasteiger partial charge in [0.05, 0.1) is 11.4 Å². The first-order valence-corrected chi connectivity index (χ1v) is 18.8. The van der Waals surface area contributed by atoms with E-state index in [2.05, 4.69) is 216 Å². The molecule has 2 nitrogen and oxygen atoms in total. The van der Waals surface area contributed by atoms with Gasteiger partial charge < -0.3 is 9.80 Å².